The van der Waals surface area contributed by atoms with Crippen molar-refractivity contribution >= 4 is 11.6 Å². The van der Waals surface area contributed by atoms with Crippen LogP contribution in [0.1, 0.15) is 19.8 Å². The fraction of sp³-hybridized carbons (Fsp3) is 0.800. The molecule has 0 amide bonds. The Balaban J connectivity index is 2.28. The molecule has 1 rings (SSSR count). The SMILES string of the molecule is CCC1(Cl)[CH]C1. The third-order valence-corrected chi connectivity index (χ3v) is 1.81. The molecule has 0 aliphatic heterocycles. The van der Waals surface area contributed by atoms with Crippen LogP contribution >= 0.6 is 11.6 Å². The van der Waals surface area contributed by atoms with E-state index in [-0.39, 0.29) is 4.87 Å². The van der Waals surface area contributed by atoms with E-state index in [9.17, 15) is 0 Å². The molecule has 0 aromatic rings. The standard InChI is InChI=1S/C5H8Cl/c1-2-5(6)3-4-5/h3H,2,4H2,1H3. The molecular weight excluding hydrogens is 95.5 g/mol. The van der Waals surface area contributed by atoms with Gasteiger partial charge in [-0.2, -0.15) is 0 Å². The van der Waals surface area contributed by atoms with Gasteiger partial charge < -0.3 is 0 Å². The first-order valence-corrected chi connectivity index (χ1v) is 2.68. The van der Waals surface area contributed by atoms with Gasteiger partial charge >= 0.3 is 0 Å². The molecule has 0 N–H and O–H groups in total. The van der Waals surface area contributed by atoms with E-state index < -0.39 is 0 Å². The number of hydrogen-bond acceptors (Lipinski definition) is 0. The Morgan fingerprint density at radius 2 is 2.50 bits per heavy atom. The second-order valence-electron chi connectivity index (χ2n) is 1.80. The molecule has 35 valence electrons. The third-order valence-electron chi connectivity index (χ3n) is 1.23. The third kappa shape index (κ3) is 0.676. The Labute approximate surface area is 43.5 Å². The minimum absolute atomic E-state index is 0.139. The molecule has 6 heavy (non-hydrogen) atoms. The van der Waals surface area contributed by atoms with Crippen LogP contribution in [0.4, 0.5) is 0 Å². The van der Waals surface area contributed by atoms with Crippen molar-refractivity contribution in [1.82, 2.24) is 0 Å². The first-order chi connectivity index (χ1) is 2.77. The number of hydrogen-bond donors (Lipinski definition) is 0. The molecule has 0 nitrogen and oxygen atoms in total. The van der Waals surface area contributed by atoms with E-state index in [4.69, 9.17) is 11.6 Å². The average Bonchev–Trinajstić information content (AvgIpc) is 2.22. The van der Waals surface area contributed by atoms with Gasteiger partial charge in [-0.05, 0) is 19.3 Å². The van der Waals surface area contributed by atoms with E-state index in [1.165, 1.54) is 0 Å². The van der Waals surface area contributed by atoms with Gasteiger partial charge in [-0.1, -0.05) is 6.92 Å². The van der Waals surface area contributed by atoms with Crippen LogP contribution in [0.5, 0.6) is 0 Å². The molecule has 1 aliphatic carbocycles. The number of rotatable bonds is 1. The second kappa shape index (κ2) is 1.13. The highest BCUT2D eigenvalue weighted by Gasteiger charge is 2.38. The van der Waals surface area contributed by atoms with Crippen LogP contribution in [-0.4, -0.2) is 4.87 Å². The van der Waals surface area contributed by atoms with Gasteiger partial charge in [0.2, 0.25) is 0 Å². The van der Waals surface area contributed by atoms with Crippen LogP contribution in [0.25, 0.3) is 0 Å². The zero-order chi connectivity index (χ0) is 4.62. The molecule has 1 unspecified atom stereocenters. The molecule has 0 heterocycles. The number of alkyl halides is 1. The Morgan fingerprint density at radius 3 is 2.50 bits per heavy atom. The van der Waals surface area contributed by atoms with Gasteiger partial charge in [0.1, 0.15) is 0 Å². The van der Waals surface area contributed by atoms with Gasteiger partial charge in [0, 0.05) is 4.87 Å². The van der Waals surface area contributed by atoms with Crippen LogP contribution in [0, 0.1) is 6.42 Å². The Bertz CT molecular complexity index is 55.0. The predicted molar refractivity (Wildman–Crippen MR) is 27.8 cm³/mol. The van der Waals surface area contributed by atoms with E-state index >= 15 is 0 Å². The molecule has 1 fully saturated rings. The van der Waals surface area contributed by atoms with Gasteiger partial charge in [-0.25, -0.2) is 0 Å². The van der Waals surface area contributed by atoms with Crippen LogP contribution in [0.2, 0.25) is 0 Å². The highest BCUT2D eigenvalue weighted by atomic mass is 35.5. The summed E-state index contributed by atoms with van der Waals surface area (Å²) in [6.07, 6.45) is 4.34. The fourth-order valence-electron chi connectivity index (χ4n) is 0.399. The smallest absolute Gasteiger partial charge is 0.0479 e. The van der Waals surface area contributed by atoms with Crippen molar-refractivity contribution in [3.05, 3.63) is 6.42 Å². The molecule has 1 radical (unpaired) electrons. The van der Waals surface area contributed by atoms with E-state index in [2.05, 4.69) is 13.3 Å². The van der Waals surface area contributed by atoms with Gasteiger partial charge in [-0.3, -0.25) is 0 Å². The lowest BCUT2D eigenvalue weighted by Gasteiger charge is -1.93. The molecular formula is C5H8Cl. The summed E-state index contributed by atoms with van der Waals surface area (Å²) in [5.74, 6) is 0. The van der Waals surface area contributed by atoms with Crippen LogP contribution < -0.4 is 0 Å². The molecule has 0 spiro atoms. The zero-order valence-corrected chi connectivity index (χ0v) is 4.63. The minimum atomic E-state index is 0.139. The van der Waals surface area contributed by atoms with Gasteiger partial charge in [0.25, 0.3) is 0 Å². The maximum atomic E-state index is 5.77. The lowest BCUT2D eigenvalue weighted by Crippen LogP contribution is -1.90. The van der Waals surface area contributed by atoms with E-state index in [1.54, 1.807) is 0 Å². The molecule has 0 aromatic heterocycles. The summed E-state index contributed by atoms with van der Waals surface area (Å²) in [7, 11) is 0. The van der Waals surface area contributed by atoms with Crippen LogP contribution in [-0.2, 0) is 0 Å². The largest absolute Gasteiger partial charge is 0.119 e. The molecule has 1 atom stereocenters. The normalized spacial score (nSPS) is 27.0. The average molecular weight is 104 g/mol. The summed E-state index contributed by atoms with van der Waals surface area (Å²) < 4.78 is 0. The summed E-state index contributed by atoms with van der Waals surface area (Å²) in [5, 5.41) is 0. The molecule has 0 saturated heterocycles. The fourth-order valence-corrected chi connectivity index (χ4v) is 0.477. The van der Waals surface area contributed by atoms with Crippen molar-refractivity contribution < 1.29 is 0 Å². The summed E-state index contributed by atoms with van der Waals surface area (Å²) in [6, 6.07) is 0. The lowest BCUT2D eigenvalue weighted by molar-refractivity contribution is 0.864. The second-order valence-corrected chi connectivity index (χ2v) is 2.55. The summed E-state index contributed by atoms with van der Waals surface area (Å²) in [4.78, 5) is 0.139. The molecule has 0 bridgehead atoms. The maximum Gasteiger partial charge on any atom is 0.0479 e. The van der Waals surface area contributed by atoms with Gasteiger partial charge in [0.15, 0.2) is 0 Å². The topological polar surface area (TPSA) is 0 Å². The summed E-state index contributed by atoms with van der Waals surface area (Å²) in [5.41, 5.74) is 0. The van der Waals surface area contributed by atoms with E-state index in [1.807, 2.05) is 0 Å². The predicted octanol–water partition coefficient (Wildman–Crippen LogP) is 1.98. The minimum Gasteiger partial charge on any atom is -0.119 e. The van der Waals surface area contributed by atoms with Crippen LogP contribution in [0.15, 0.2) is 0 Å². The first kappa shape index (κ1) is 4.45. The van der Waals surface area contributed by atoms with Crippen molar-refractivity contribution in [1.29, 1.82) is 0 Å². The Kier molecular flexibility index (Phi) is 0.836. The lowest BCUT2D eigenvalue weighted by atomic mass is 10.3. The highest BCUT2D eigenvalue weighted by Crippen LogP contribution is 2.43. The van der Waals surface area contributed by atoms with Crippen molar-refractivity contribution in [2.24, 2.45) is 0 Å². The molecule has 0 aromatic carbocycles. The van der Waals surface area contributed by atoms with Crippen LogP contribution in [0.3, 0.4) is 0 Å². The Hall–Kier alpha value is 0.290. The van der Waals surface area contributed by atoms with Crippen molar-refractivity contribution in [3.8, 4) is 0 Å². The maximum absolute atomic E-state index is 5.77. The van der Waals surface area contributed by atoms with Gasteiger partial charge in [0.05, 0.1) is 0 Å². The highest BCUT2D eigenvalue weighted by molar-refractivity contribution is 6.27. The van der Waals surface area contributed by atoms with Crippen molar-refractivity contribution in [3.63, 3.8) is 0 Å². The quantitative estimate of drug-likeness (QED) is 0.445. The van der Waals surface area contributed by atoms with Crippen molar-refractivity contribution in [2.75, 3.05) is 0 Å². The molecule has 1 heteroatoms. The first-order valence-electron chi connectivity index (χ1n) is 2.30. The Morgan fingerprint density at radius 1 is 2.00 bits per heavy atom. The van der Waals surface area contributed by atoms with Gasteiger partial charge in [-0.15, -0.1) is 11.6 Å². The van der Waals surface area contributed by atoms with E-state index in [0.717, 1.165) is 12.8 Å². The summed E-state index contributed by atoms with van der Waals surface area (Å²) in [6.45, 7) is 2.11. The van der Waals surface area contributed by atoms with Crippen molar-refractivity contribution in [2.45, 2.75) is 24.6 Å². The summed E-state index contributed by atoms with van der Waals surface area (Å²) >= 11 is 5.77. The monoisotopic (exact) mass is 103 g/mol. The molecule has 1 aliphatic rings. The molecule has 1 saturated carbocycles. The number of halogens is 1. The van der Waals surface area contributed by atoms with E-state index in [0.29, 0.717) is 0 Å². The zero-order valence-electron chi connectivity index (χ0n) is 3.87.